The third kappa shape index (κ3) is 5.58. The Hall–Kier alpha value is -1.23. The van der Waals surface area contributed by atoms with Crippen molar-refractivity contribution < 1.29 is 18.3 Å². The molecule has 0 aromatic heterocycles. The number of halogens is 3. The van der Waals surface area contributed by atoms with Crippen LogP contribution in [0, 0.1) is 0 Å². The van der Waals surface area contributed by atoms with Crippen LogP contribution in [-0.4, -0.2) is 29.3 Å². The van der Waals surface area contributed by atoms with E-state index in [1.54, 1.807) is 12.1 Å². The Kier molecular flexibility index (Phi) is 4.81. The fourth-order valence-corrected chi connectivity index (χ4v) is 1.70. The predicted octanol–water partition coefficient (Wildman–Crippen LogP) is 3.17. The highest BCUT2D eigenvalue weighted by Gasteiger charge is 2.30. The molecule has 1 N–H and O–H groups in total. The Balaban J connectivity index is 2.66. The van der Waals surface area contributed by atoms with Crippen molar-refractivity contribution in [2.24, 2.45) is 0 Å². The monoisotopic (exact) mass is 247 g/mol. The van der Waals surface area contributed by atoms with Crippen LogP contribution in [0.1, 0.15) is 18.9 Å². The lowest BCUT2D eigenvalue weighted by Gasteiger charge is -2.23. The number of hydrogen-bond acceptors (Lipinski definition) is 2. The maximum absolute atomic E-state index is 12.3. The Bertz CT molecular complexity index is 352. The second-order valence-electron chi connectivity index (χ2n) is 4.00. The summed E-state index contributed by atoms with van der Waals surface area (Å²) < 4.78 is 37.0. The molecule has 0 bridgehead atoms. The molecule has 0 aliphatic heterocycles. The SMILES string of the molecule is CCCN(Cc1cccc(O)c1)CC(F)(F)F. The summed E-state index contributed by atoms with van der Waals surface area (Å²) >= 11 is 0. The Morgan fingerprint density at radius 2 is 2.00 bits per heavy atom. The van der Waals surface area contributed by atoms with Crippen molar-refractivity contribution in [1.82, 2.24) is 4.90 Å². The van der Waals surface area contributed by atoms with Crippen LogP contribution in [0.5, 0.6) is 5.75 Å². The molecule has 0 fully saturated rings. The fourth-order valence-electron chi connectivity index (χ4n) is 1.70. The number of aromatic hydroxyl groups is 1. The zero-order chi connectivity index (χ0) is 12.9. The summed E-state index contributed by atoms with van der Waals surface area (Å²) in [5.41, 5.74) is 0.683. The Morgan fingerprint density at radius 1 is 1.29 bits per heavy atom. The number of phenolic OH excluding ortho intramolecular Hbond substituents is 1. The van der Waals surface area contributed by atoms with E-state index in [0.717, 1.165) is 0 Å². The molecule has 1 aromatic carbocycles. The summed E-state index contributed by atoms with van der Waals surface area (Å²) in [4.78, 5) is 1.33. The maximum Gasteiger partial charge on any atom is 0.401 e. The maximum atomic E-state index is 12.3. The van der Waals surface area contributed by atoms with Crippen molar-refractivity contribution in [2.45, 2.75) is 26.1 Å². The van der Waals surface area contributed by atoms with Crippen LogP contribution < -0.4 is 0 Å². The van der Waals surface area contributed by atoms with Gasteiger partial charge in [-0.05, 0) is 30.7 Å². The first-order chi connectivity index (χ1) is 7.90. The molecule has 0 heterocycles. The van der Waals surface area contributed by atoms with E-state index in [1.807, 2.05) is 6.92 Å². The molecule has 1 aromatic rings. The molecule has 96 valence electrons. The van der Waals surface area contributed by atoms with Crippen LogP contribution in [0.25, 0.3) is 0 Å². The average molecular weight is 247 g/mol. The molecule has 17 heavy (non-hydrogen) atoms. The highest BCUT2D eigenvalue weighted by molar-refractivity contribution is 5.26. The van der Waals surface area contributed by atoms with E-state index >= 15 is 0 Å². The molecule has 0 saturated heterocycles. The van der Waals surface area contributed by atoms with E-state index in [0.29, 0.717) is 18.5 Å². The van der Waals surface area contributed by atoms with Gasteiger partial charge in [0.05, 0.1) is 6.54 Å². The van der Waals surface area contributed by atoms with Gasteiger partial charge >= 0.3 is 6.18 Å². The van der Waals surface area contributed by atoms with Crippen molar-refractivity contribution in [3.05, 3.63) is 29.8 Å². The third-order valence-electron chi connectivity index (χ3n) is 2.26. The highest BCUT2D eigenvalue weighted by atomic mass is 19.4. The normalized spacial score (nSPS) is 12.1. The second kappa shape index (κ2) is 5.91. The summed E-state index contributed by atoms with van der Waals surface area (Å²) in [6.07, 6.45) is -3.53. The number of hydrogen-bond donors (Lipinski definition) is 1. The summed E-state index contributed by atoms with van der Waals surface area (Å²) in [5, 5.41) is 9.25. The summed E-state index contributed by atoms with van der Waals surface area (Å²) in [6, 6.07) is 6.32. The second-order valence-corrected chi connectivity index (χ2v) is 4.00. The van der Waals surface area contributed by atoms with Gasteiger partial charge in [-0.1, -0.05) is 19.1 Å². The molecule has 0 saturated carbocycles. The molecule has 0 atom stereocenters. The topological polar surface area (TPSA) is 23.5 Å². The van der Waals surface area contributed by atoms with E-state index in [1.165, 1.54) is 17.0 Å². The van der Waals surface area contributed by atoms with Gasteiger partial charge in [0.15, 0.2) is 0 Å². The van der Waals surface area contributed by atoms with Gasteiger partial charge in [-0.3, -0.25) is 4.90 Å². The van der Waals surface area contributed by atoms with Gasteiger partial charge in [0.2, 0.25) is 0 Å². The number of phenols is 1. The van der Waals surface area contributed by atoms with Crippen LogP contribution in [-0.2, 0) is 6.54 Å². The van der Waals surface area contributed by atoms with Gasteiger partial charge in [0, 0.05) is 6.54 Å². The molecule has 0 unspecified atom stereocenters. The zero-order valence-corrected chi connectivity index (χ0v) is 9.67. The Labute approximate surface area is 98.7 Å². The lowest BCUT2D eigenvalue weighted by Crippen LogP contribution is -2.34. The number of nitrogens with zero attached hydrogens (tertiary/aromatic N) is 1. The van der Waals surface area contributed by atoms with Crippen LogP contribution in [0.3, 0.4) is 0 Å². The zero-order valence-electron chi connectivity index (χ0n) is 9.67. The average Bonchev–Trinajstić information content (AvgIpc) is 2.15. The van der Waals surface area contributed by atoms with E-state index in [2.05, 4.69) is 0 Å². The lowest BCUT2D eigenvalue weighted by molar-refractivity contribution is -0.147. The van der Waals surface area contributed by atoms with Crippen molar-refractivity contribution >= 4 is 0 Å². The van der Waals surface area contributed by atoms with Gasteiger partial charge in [-0.2, -0.15) is 13.2 Å². The number of rotatable bonds is 5. The van der Waals surface area contributed by atoms with Crippen LogP contribution in [0.15, 0.2) is 24.3 Å². The predicted molar refractivity (Wildman–Crippen MR) is 59.7 cm³/mol. The molecule has 0 aliphatic rings. The first-order valence-corrected chi connectivity index (χ1v) is 5.47. The number of alkyl halides is 3. The molecule has 1 rings (SSSR count). The van der Waals surface area contributed by atoms with Crippen molar-refractivity contribution in [1.29, 1.82) is 0 Å². The lowest BCUT2D eigenvalue weighted by atomic mass is 10.2. The number of benzene rings is 1. The molecule has 0 spiro atoms. The summed E-state index contributed by atoms with van der Waals surface area (Å²) in [7, 11) is 0. The minimum atomic E-state index is -4.19. The molecule has 5 heteroatoms. The van der Waals surface area contributed by atoms with E-state index in [9.17, 15) is 18.3 Å². The molecule has 0 aliphatic carbocycles. The Morgan fingerprint density at radius 3 is 2.53 bits per heavy atom. The highest BCUT2D eigenvalue weighted by Crippen LogP contribution is 2.19. The van der Waals surface area contributed by atoms with Crippen molar-refractivity contribution in [2.75, 3.05) is 13.1 Å². The van der Waals surface area contributed by atoms with Gasteiger partial charge < -0.3 is 5.11 Å². The van der Waals surface area contributed by atoms with Gasteiger partial charge in [-0.25, -0.2) is 0 Å². The molecular weight excluding hydrogens is 231 g/mol. The van der Waals surface area contributed by atoms with E-state index in [-0.39, 0.29) is 12.3 Å². The van der Waals surface area contributed by atoms with Gasteiger partial charge in [0.1, 0.15) is 5.75 Å². The van der Waals surface area contributed by atoms with Crippen LogP contribution in [0.4, 0.5) is 13.2 Å². The van der Waals surface area contributed by atoms with Crippen LogP contribution in [0.2, 0.25) is 0 Å². The first kappa shape index (κ1) is 13.8. The summed E-state index contributed by atoms with van der Waals surface area (Å²) in [5.74, 6) is 0.0750. The molecule has 0 amide bonds. The quantitative estimate of drug-likeness (QED) is 0.863. The molecular formula is C12H16F3NO. The minimum Gasteiger partial charge on any atom is -0.508 e. The van der Waals surface area contributed by atoms with Gasteiger partial charge in [-0.15, -0.1) is 0 Å². The van der Waals surface area contributed by atoms with Crippen molar-refractivity contribution in [3.8, 4) is 5.75 Å². The standard InChI is InChI=1S/C12H16F3NO/c1-2-6-16(9-12(13,14)15)8-10-4-3-5-11(17)7-10/h3-5,7,17H,2,6,8-9H2,1H3. The third-order valence-corrected chi connectivity index (χ3v) is 2.26. The fraction of sp³-hybridized carbons (Fsp3) is 0.500. The minimum absolute atomic E-state index is 0.0750. The largest absolute Gasteiger partial charge is 0.508 e. The smallest absolute Gasteiger partial charge is 0.401 e. The summed E-state index contributed by atoms with van der Waals surface area (Å²) in [6.45, 7) is 1.50. The molecule has 2 nitrogen and oxygen atoms in total. The molecule has 0 radical (unpaired) electrons. The van der Waals surface area contributed by atoms with Crippen LogP contribution >= 0.6 is 0 Å². The van der Waals surface area contributed by atoms with Crippen molar-refractivity contribution in [3.63, 3.8) is 0 Å². The van der Waals surface area contributed by atoms with E-state index < -0.39 is 12.7 Å². The van der Waals surface area contributed by atoms with E-state index in [4.69, 9.17) is 0 Å². The first-order valence-electron chi connectivity index (χ1n) is 5.47. The van der Waals surface area contributed by atoms with Gasteiger partial charge in [0.25, 0.3) is 0 Å².